The summed E-state index contributed by atoms with van der Waals surface area (Å²) in [6.07, 6.45) is 1.67. The summed E-state index contributed by atoms with van der Waals surface area (Å²) >= 11 is 0. The molecule has 0 atom stereocenters. The third kappa shape index (κ3) is 3.91. The monoisotopic (exact) mass is 145 g/mol. The molecule has 0 aliphatic carbocycles. The Labute approximate surface area is 59.5 Å². The van der Waals surface area contributed by atoms with Gasteiger partial charge in [-0.1, -0.05) is 0 Å². The van der Waals surface area contributed by atoms with Crippen LogP contribution in [0.25, 0.3) is 0 Å². The molecule has 0 amide bonds. The lowest BCUT2D eigenvalue weighted by molar-refractivity contribution is -0.245. The topological polar surface area (TPSA) is 61.5 Å². The van der Waals surface area contributed by atoms with Gasteiger partial charge >= 0.3 is 5.97 Å². The number of nitrogens with two attached hydrogens (primary N) is 1. The standard InChI is InChI=1S/C6H11NO3/c1-3-5(2)9-10-6(8)4-7/h3H,4,7H2,1-2H3/b5-3+. The summed E-state index contributed by atoms with van der Waals surface area (Å²) in [5, 5.41) is 0. The van der Waals surface area contributed by atoms with E-state index >= 15 is 0 Å². The van der Waals surface area contributed by atoms with Gasteiger partial charge in [-0.3, -0.25) is 4.89 Å². The van der Waals surface area contributed by atoms with Gasteiger partial charge in [-0.25, -0.2) is 9.68 Å². The van der Waals surface area contributed by atoms with Crippen LogP contribution in [0.1, 0.15) is 13.8 Å². The van der Waals surface area contributed by atoms with E-state index in [1.807, 2.05) is 0 Å². The van der Waals surface area contributed by atoms with E-state index < -0.39 is 5.97 Å². The molecule has 0 aliphatic rings. The van der Waals surface area contributed by atoms with Crippen molar-refractivity contribution in [3.63, 3.8) is 0 Å². The van der Waals surface area contributed by atoms with Crippen molar-refractivity contribution < 1.29 is 14.6 Å². The molecule has 0 aliphatic heterocycles. The van der Waals surface area contributed by atoms with Gasteiger partial charge in [0.2, 0.25) is 0 Å². The zero-order chi connectivity index (χ0) is 7.98. The molecular weight excluding hydrogens is 134 g/mol. The predicted molar refractivity (Wildman–Crippen MR) is 35.7 cm³/mol. The highest BCUT2D eigenvalue weighted by molar-refractivity contribution is 5.70. The second-order valence-electron chi connectivity index (χ2n) is 1.64. The smallest absolute Gasteiger partial charge is 0.321 e. The van der Waals surface area contributed by atoms with Crippen molar-refractivity contribution >= 4 is 5.97 Å². The SMILES string of the molecule is C/C=C(\C)OOC(=O)CN. The number of carbonyl (C=O) groups is 1. The van der Waals surface area contributed by atoms with Gasteiger partial charge in [0.05, 0.1) is 6.54 Å². The minimum absolute atomic E-state index is 0.170. The first-order valence-corrected chi connectivity index (χ1v) is 2.91. The molecule has 10 heavy (non-hydrogen) atoms. The Kier molecular flexibility index (Phi) is 4.32. The molecule has 4 nitrogen and oxygen atoms in total. The molecule has 0 bridgehead atoms. The van der Waals surface area contributed by atoms with Gasteiger partial charge in [0, 0.05) is 0 Å². The Morgan fingerprint density at radius 1 is 1.60 bits per heavy atom. The Morgan fingerprint density at radius 2 is 2.20 bits per heavy atom. The molecule has 4 heteroatoms. The van der Waals surface area contributed by atoms with Gasteiger partial charge in [-0.2, -0.15) is 0 Å². The lowest BCUT2D eigenvalue weighted by Crippen LogP contribution is -2.16. The van der Waals surface area contributed by atoms with Crippen LogP contribution in [0.5, 0.6) is 0 Å². The highest BCUT2D eigenvalue weighted by Crippen LogP contribution is 1.94. The van der Waals surface area contributed by atoms with Crippen LogP contribution in [0.4, 0.5) is 0 Å². The Balaban J connectivity index is 3.45. The number of hydrogen-bond acceptors (Lipinski definition) is 4. The van der Waals surface area contributed by atoms with E-state index in [9.17, 15) is 4.79 Å². The fourth-order valence-corrected chi connectivity index (χ4v) is 0.194. The second kappa shape index (κ2) is 4.81. The van der Waals surface area contributed by atoms with Crippen molar-refractivity contribution in [2.24, 2.45) is 5.73 Å². The second-order valence-corrected chi connectivity index (χ2v) is 1.64. The van der Waals surface area contributed by atoms with Crippen LogP contribution in [-0.2, 0) is 14.6 Å². The molecule has 2 N–H and O–H groups in total. The summed E-state index contributed by atoms with van der Waals surface area (Å²) in [6, 6.07) is 0. The highest BCUT2D eigenvalue weighted by Gasteiger charge is 1.98. The minimum Gasteiger partial charge on any atom is -0.321 e. The van der Waals surface area contributed by atoms with Gasteiger partial charge in [0.1, 0.15) is 5.76 Å². The first-order chi connectivity index (χ1) is 4.70. The van der Waals surface area contributed by atoms with Crippen LogP contribution in [0.2, 0.25) is 0 Å². The number of hydrogen-bond donors (Lipinski definition) is 1. The molecule has 0 fully saturated rings. The van der Waals surface area contributed by atoms with Gasteiger partial charge in [-0.05, 0) is 19.9 Å². The van der Waals surface area contributed by atoms with Crippen LogP contribution < -0.4 is 5.73 Å². The lowest BCUT2D eigenvalue weighted by atomic mass is 10.5. The van der Waals surface area contributed by atoms with E-state index in [0.717, 1.165) is 0 Å². The summed E-state index contributed by atoms with van der Waals surface area (Å²) in [4.78, 5) is 19.0. The number of carbonyl (C=O) groups excluding carboxylic acids is 1. The zero-order valence-corrected chi connectivity index (χ0v) is 6.09. The van der Waals surface area contributed by atoms with E-state index in [1.54, 1.807) is 19.9 Å². The molecule has 0 aromatic rings. The number of rotatable bonds is 3. The Bertz CT molecular complexity index is 142. The molecule has 0 saturated carbocycles. The van der Waals surface area contributed by atoms with E-state index in [2.05, 4.69) is 9.78 Å². The van der Waals surface area contributed by atoms with Gasteiger partial charge in [0.25, 0.3) is 0 Å². The van der Waals surface area contributed by atoms with Crippen molar-refractivity contribution in [1.82, 2.24) is 0 Å². The van der Waals surface area contributed by atoms with Crippen LogP contribution in [0.3, 0.4) is 0 Å². The predicted octanol–water partition coefficient (Wildman–Crippen LogP) is 0.344. The molecule has 58 valence electrons. The maximum Gasteiger partial charge on any atom is 0.368 e. The van der Waals surface area contributed by atoms with E-state index in [1.165, 1.54) is 0 Å². The average Bonchev–Trinajstić information content (AvgIpc) is 1.99. The van der Waals surface area contributed by atoms with Gasteiger partial charge in [-0.15, -0.1) is 0 Å². The fourth-order valence-electron chi connectivity index (χ4n) is 0.194. The summed E-state index contributed by atoms with van der Waals surface area (Å²) < 4.78 is 0. The molecular formula is C6H11NO3. The summed E-state index contributed by atoms with van der Waals surface area (Å²) in [5.74, 6) is -0.0528. The molecule has 0 aromatic carbocycles. The summed E-state index contributed by atoms with van der Waals surface area (Å²) in [7, 11) is 0. The van der Waals surface area contributed by atoms with Crippen LogP contribution in [-0.4, -0.2) is 12.5 Å². The van der Waals surface area contributed by atoms with Crippen molar-refractivity contribution in [1.29, 1.82) is 0 Å². The quantitative estimate of drug-likeness (QED) is 0.353. The first kappa shape index (κ1) is 8.97. The molecule has 0 unspecified atom stereocenters. The fraction of sp³-hybridized carbons (Fsp3) is 0.500. The van der Waals surface area contributed by atoms with Crippen LogP contribution >= 0.6 is 0 Å². The molecule has 0 aromatic heterocycles. The molecule has 0 heterocycles. The summed E-state index contributed by atoms with van der Waals surface area (Å²) in [5.41, 5.74) is 4.93. The average molecular weight is 145 g/mol. The van der Waals surface area contributed by atoms with Crippen LogP contribution in [0.15, 0.2) is 11.8 Å². The maximum absolute atomic E-state index is 10.3. The van der Waals surface area contributed by atoms with Gasteiger partial charge in [0.15, 0.2) is 0 Å². The molecule has 0 radical (unpaired) electrons. The molecule has 0 spiro atoms. The first-order valence-electron chi connectivity index (χ1n) is 2.91. The van der Waals surface area contributed by atoms with E-state index in [4.69, 9.17) is 5.73 Å². The highest BCUT2D eigenvalue weighted by atomic mass is 17.2. The van der Waals surface area contributed by atoms with Crippen molar-refractivity contribution in [3.05, 3.63) is 11.8 Å². The zero-order valence-electron chi connectivity index (χ0n) is 6.09. The summed E-state index contributed by atoms with van der Waals surface area (Å²) in [6.45, 7) is 3.27. The molecule has 0 saturated heterocycles. The normalized spacial score (nSPS) is 10.9. The largest absolute Gasteiger partial charge is 0.368 e. The van der Waals surface area contributed by atoms with Crippen molar-refractivity contribution in [2.75, 3.05) is 6.54 Å². The van der Waals surface area contributed by atoms with Crippen molar-refractivity contribution in [3.8, 4) is 0 Å². The van der Waals surface area contributed by atoms with E-state index in [0.29, 0.717) is 5.76 Å². The Morgan fingerprint density at radius 3 is 2.60 bits per heavy atom. The van der Waals surface area contributed by atoms with E-state index in [-0.39, 0.29) is 6.54 Å². The molecule has 0 rings (SSSR count). The lowest BCUT2D eigenvalue weighted by Gasteiger charge is -2.00. The van der Waals surface area contributed by atoms with Gasteiger partial charge < -0.3 is 5.73 Å². The van der Waals surface area contributed by atoms with Crippen LogP contribution in [0, 0.1) is 0 Å². The Hall–Kier alpha value is -1.03. The van der Waals surface area contributed by atoms with Crippen molar-refractivity contribution in [2.45, 2.75) is 13.8 Å². The third-order valence-corrected chi connectivity index (χ3v) is 0.839. The maximum atomic E-state index is 10.3. The third-order valence-electron chi connectivity index (χ3n) is 0.839. The minimum atomic E-state index is -0.582. The number of allylic oxidation sites excluding steroid dienone is 2.